The van der Waals surface area contributed by atoms with Crippen LogP contribution in [0.2, 0.25) is 0 Å². The second kappa shape index (κ2) is 34.4. The SMILES string of the molecule is CCCCCCCCCCCCCCOc1cc2nsnc2c(-c2ccc3c(c2)C(CCCCCCCC)(CCCCCCCC)c2ccccc2-3)c1OCCCCCCCCCCCCCC. The molecule has 1 aliphatic rings. The average molecular weight is 950 g/mol. The molecule has 0 saturated heterocycles. The van der Waals surface area contributed by atoms with Crippen molar-refractivity contribution >= 4 is 22.8 Å². The zero-order valence-corrected chi connectivity index (χ0v) is 45.3. The smallest absolute Gasteiger partial charge is 0.171 e. The highest BCUT2D eigenvalue weighted by atomic mass is 32.1. The number of rotatable bonds is 43. The van der Waals surface area contributed by atoms with E-state index in [1.165, 1.54) is 265 Å². The summed E-state index contributed by atoms with van der Waals surface area (Å²) in [5.41, 5.74) is 10.1. The predicted molar refractivity (Wildman–Crippen MR) is 298 cm³/mol. The first-order valence-corrected chi connectivity index (χ1v) is 30.2. The minimum Gasteiger partial charge on any atom is -0.490 e. The molecule has 0 aliphatic heterocycles. The molecule has 1 aromatic heterocycles. The lowest BCUT2D eigenvalue weighted by Gasteiger charge is -2.33. The highest BCUT2D eigenvalue weighted by molar-refractivity contribution is 7.00. The van der Waals surface area contributed by atoms with Gasteiger partial charge in [-0.1, -0.05) is 282 Å². The molecular weight excluding hydrogens is 849 g/mol. The molecule has 68 heavy (non-hydrogen) atoms. The summed E-state index contributed by atoms with van der Waals surface area (Å²) in [7, 11) is 0. The van der Waals surface area contributed by atoms with Crippen LogP contribution in [0.1, 0.15) is 283 Å². The zero-order chi connectivity index (χ0) is 47.8. The van der Waals surface area contributed by atoms with Gasteiger partial charge in [0.05, 0.1) is 30.5 Å². The number of fused-ring (bicyclic) bond motifs is 4. The topological polar surface area (TPSA) is 44.2 Å². The molecular formula is C63H100N2O2S. The van der Waals surface area contributed by atoms with Gasteiger partial charge in [0.1, 0.15) is 11.0 Å². The second-order valence-electron chi connectivity index (χ2n) is 21.1. The predicted octanol–water partition coefficient (Wildman–Crippen LogP) is 21.3. The Labute approximate surface area is 422 Å². The minimum atomic E-state index is 0.00963. The van der Waals surface area contributed by atoms with Crippen LogP contribution in [0, 0.1) is 0 Å². The fourth-order valence-electron chi connectivity index (χ4n) is 11.3. The first kappa shape index (κ1) is 56.0. The standard InChI is InChI=1S/C63H100N2O2S/c1-5-9-13-17-21-23-25-27-29-31-35-41-49-66-59-52-58-61(65-68-64-58)60(62(59)67-50-42-36-32-30-28-26-24-22-18-14-10-6-2)53-45-46-55-54-43-37-38-44-56(54)63(57(55)51-53,47-39-33-19-15-11-7-3)48-40-34-20-16-12-8-4/h37-38,43-46,51-52H,5-36,39-42,47-50H2,1-4H3. The molecule has 3 aromatic carbocycles. The molecule has 0 atom stereocenters. The van der Waals surface area contributed by atoms with Gasteiger partial charge in [-0.3, -0.25) is 0 Å². The van der Waals surface area contributed by atoms with Crippen molar-refractivity contribution in [3.63, 3.8) is 0 Å². The summed E-state index contributed by atoms with van der Waals surface area (Å²) in [4.78, 5) is 0. The van der Waals surface area contributed by atoms with Crippen molar-refractivity contribution in [1.29, 1.82) is 0 Å². The van der Waals surface area contributed by atoms with Gasteiger partial charge in [0.15, 0.2) is 11.5 Å². The zero-order valence-electron chi connectivity index (χ0n) is 44.5. The Morgan fingerprint density at radius 1 is 0.412 bits per heavy atom. The normalized spacial score (nSPS) is 12.8. The number of aromatic nitrogens is 2. The molecule has 0 radical (unpaired) electrons. The van der Waals surface area contributed by atoms with E-state index in [1.807, 2.05) is 0 Å². The molecule has 0 fully saturated rings. The van der Waals surface area contributed by atoms with Crippen LogP contribution in [0.3, 0.4) is 0 Å². The van der Waals surface area contributed by atoms with Gasteiger partial charge in [-0.2, -0.15) is 8.75 Å². The fraction of sp³-hybridized carbons (Fsp3) is 0.714. The van der Waals surface area contributed by atoms with Crippen LogP contribution in [-0.4, -0.2) is 22.0 Å². The first-order valence-electron chi connectivity index (χ1n) is 29.5. The molecule has 1 aliphatic carbocycles. The van der Waals surface area contributed by atoms with Crippen LogP contribution < -0.4 is 9.47 Å². The van der Waals surface area contributed by atoms with Gasteiger partial charge < -0.3 is 9.47 Å². The summed E-state index contributed by atoms with van der Waals surface area (Å²) >= 11 is 1.32. The van der Waals surface area contributed by atoms with Gasteiger partial charge in [-0.05, 0) is 59.6 Å². The third-order valence-corrected chi connectivity index (χ3v) is 16.0. The largest absolute Gasteiger partial charge is 0.490 e. The highest BCUT2D eigenvalue weighted by Crippen LogP contribution is 2.56. The molecule has 0 amide bonds. The molecule has 0 saturated carbocycles. The number of hydrogen-bond acceptors (Lipinski definition) is 5. The van der Waals surface area contributed by atoms with E-state index >= 15 is 0 Å². The lowest BCUT2D eigenvalue weighted by Crippen LogP contribution is -2.25. The van der Waals surface area contributed by atoms with Crippen molar-refractivity contribution in [2.24, 2.45) is 0 Å². The van der Waals surface area contributed by atoms with E-state index < -0.39 is 0 Å². The van der Waals surface area contributed by atoms with E-state index in [0.29, 0.717) is 13.2 Å². The average Bonchev–Trinajstić information content (AvgIpc) is 3.94. The van der Waals surface area contributed by atoms with E-state index in [0.717, 1.165) is 40.9 Å². The molecule has 5 rings (SSSR count). The molecule has 0 unspecified atom stereocenters. The van der Waals surface area contributed by atoms with E-state index in [-0.39, 0.29) is 5.41 Å². The van der Waals surface area contributed by atoms with E-state index in [1.54, 1.807) is 5.56 Å². The first-order chi connectivity index (χ1) is 33.7. The van der Waals surface area contributed by atoms with Crippen molar-refractivity contribution in [2.75, 3.05) is 13.2 Å². The van der Waals surface area contributed by atoms with Crippen LogP contribution in [0.4, 0.5) is 0 Å². The lowest BCUT2D eigenvalue weighted by molar-refractivity contribution is 0.259. The Bertz CT molecular complexity index is 1880. The molecule has 4 nitrogen and oxygen atoms in total. The Balaban J connectivity index is 1.35. The fourth-order valence-corrected chi connectivity index (χ4v) is 11.9. The van der Waals surface area contributed by atoms with Gasteiger partial charge in [-0.25, -0.2) is 0 Å². The maximum absolute atomic E-state index is 7.02. The number of unbranched alkanes of at least 4 members (excludes halogenated alkanes) is 32. The van der Waals surface area contributed by atoms with Crippen LogP contribution >= 0.6 is 11.7 Å². The number of nitrogens with zero attached hydrogens (tertiary/aromatic N) is 2. The Hall–Kier alpha value is -2.92. The third kappa shape index (κ3) is 18.4. The minimum absolute atomic E-state index is 0.00963. The van der Waals surface area contributed by atoms with Crippen LogP contribution in [0.25, 0.3) is 33.3 Å². The lowest BCUT2D eigenvalue weighted by atomic mass is 9.70. The molecule has 4 aromatic rings. The van der Waals surface area contributed by atoms with Gasteiger partial charge >= 0.3 is 0 Å². The maximum atomic E-state index is 7.02. The summed E-state index contributed by atoms with van der Waals surface area (Å²) in [6.45, 7) is 10.7. The summed E-state index contributed by atoms with van der Waals surface area (Å²) in [6.07, 6.45) is 50.3. The van der Waals surface area contributed by atoms with E-state index in [4.69, 9.17) is 18.2 Å². The molecule has 0 bridgehead atoms. The molecule has 380 valence electrons. The van der Waals surface area contributed by atoms with Gasteiger partial charge in [0.2, 0.25) is 0 Å². The number of benzene rings is 3. The summed E-state index contributed by atoms with van der Waals surface area (Å²) in [6, 6.07) is 18.9. The Kier molecular flexibility index (Phi) is 28.3. The van der Waals surface area contributed by atoms with Crippen LogP contribution in [0.15, 0.2) is 48.5 Å². The number of ether oxygens (including phenoxy) is 2. The van der Waals surface area contributed by atoms with Crippen LogP contribution in [0.5, 0.6) is 11.5 Å². The summed E-state index contributed by atoms with van der Waals surface area (Å²) < 4.78 is 23.7. The maximum Gasteiger partial charge on any atom is 0.171 e. The van der Waals surface area contributed by atoms with Crippen molar-refractivity contribution in [1.82, 2.24) is 8.75 Å². The van der Waals surface area contributed by atoms with Crippen LogP contribution in [-0.2, 0) is 5.41 Å². The van der Waals surface area contributed by atoms with Crippen molar-refractivity contribution in [3.8, 4) is 33.8 Å². The van der Waals surface area contributed by atoms with E-state index in [9.17, 15) is 0 Å². The molecule has 1 heterocycles. The van der Waals surface area contributed by atoms with Gasteiger partial charge in [0.25, 0.3) is 0 Å². The van der Waals surface area contributed by atoms with Crippen molar-refractivity contribution < 1.29 is 9.47 Å². The molecule has 0 spiro atoms. The van der Waals surface area contributed by atoms with Crippen molar-refractivity contribution in [2.45, 2.75) is 277 Å². The van der Waals surface area contributed by atoms with Gasteiger partial charge in [-0.15, -0.1) is 0 Å². The molecule has 5 heteroatoms. The number of hydrogen-bond donors (Lipinski definition) is 0. The van der Waals surface area contributed by atoms with E-state index in [2.05, 4.69) is 76.2 Å². The Morgan fingerprint density at radius 2 is 0.838 bits per heavy atom. The summed E-state index contributed by atoms with van der Waals surface area (Å²) in [5.74, 6) is 1.72. The van der Waals surface area contributed by atoms with Gasteiger partial charge in [0, 0.05) is 11.5 Å². The monoisotopic (exact) mass is 949 g/mol. The highest BCUT2D eigenvalue weighted by Gasteiger charge is 2.42. The Morgan fingerprint density at radius 3 is 1.34 bits per heavy atom. The third-order valence-electron chi connectivity index (χ3n) is 15.4. The molecule has 0 N–H and O–H groups in total. The quantitative estimate of drug-likeness (QED) is 0.0415. The second-order valence-corrected chi connectivity index (χ2v) is 21.6. The van der Waals surface area contributed by atoms with Crippen molar-refractivity contribution in [3.05, 3.63) is 59.7 Å². The summed E-state index contributed by atoms with van der Waals surface area (Å²) in [5, 5.41) is 0.